The molecule has 0 spiro atoms. The Morgan fingerprint density at radius 2 is 2.11 bits per heavy atom. The van der Waals surface area contributed by atoms with E-state index in [0.717, 1.165) is 6.07 Å². The predicted octanol–water partition coefficient (Wildman–Crippen LogP) is 4.29. The van der Waals surface area contributed by atoms with Crippen LogP contribution in [0, 0.1) is 15.9 Å². The van der Waals surface area contributed by atoms with Crippen LogP contribution in [0.5, 0.6) is 0 Å². The molecular formula is C11H6BrClFN3O2. The highest BCUT2D eigenvalue weighted by Gasteiger charge is 2.11. The zero-order valence-corrected chi connectivity index (χ0v) is 11.6. The van der Waals surface area contributed by atoms with E-state index in [1.165, 1.54) is 24.3 Å². The molecule has 0 unspecified atom stereocenters. The third-order valence-electron chi connectivity index (χ3n) is 2.18. The SMILES string of the molecule is O=[N+]([O-])c1cc(Cl)nc(Nc2ccc(F)cc2Br)c1. The molecule has 5 nitrogen and oxygen atoms in total. The van der Waals surface area contributed by atoms with E-state index in [9.17, 15) is 14.5 Å². The average molecular weight is 347 g/mol. The number of rotatable bonds is 3. The fourth-order valence-electron chi connectivity index (χ4n) is 1.38. The highest BCUT2D eigenvalue weighted by molar-refractivity contribution is 9.10. The topological polar surface area (TPSA) is 68.1 Å². The minimum Gasteiger partial charge on any atom is -0.339 e. The van der Waals surface area contributed by atoms with Gasteiger partial charge in [-0.3, -0.25) is 10.1 Å². The van der Waals surface area contributed by atoms with Gasteiger partial charge in [0.2, 0.25) is 0 Å². The summed E-state index contributed by atoms with van der Waals surface area (Å²) >= 11 is 8.87. The lowest BCUT2D eigenvalue weighted by atomic mass is 10.3. The van der Waals surface area contributed by atoms with Crippen LogP contribution in [0.15, 0.2) is 34.8 Å². The molecule has 98 valence electrons. The van der Waals surface area contributed by atoms with Gasteiger partial charge in [-0.2, -0.15) is 0 Å². The monoisotopic (exact) mass is 345 g/mol. The molecule has 0 saturated carbocycles. The van der Waals surface area contributed by atoms with Crippen molar-refractivity contribution in [2.45, 2.75) is 0 Å². The number of hydrogen-bond donors (Lipinski definition) is 1. The van der Waals surface area contributed by atoms with Crippen LogP contribution in [0.2, 0.25) is 5.15 Å². The second kappa shape index (κ2) is 5.50. The van der Waals surface area contributed by atoms with Crippen molar-refractivity contribution in [1.29, 1.82) is 0 Å². The molecule has 0 aliphatic carbocycles. The minimum absolute atomic E-state index is 0.00469. The van der Waals surface area contributed by atoms with E-state index in [2.05, 4.69) is 26.2 Å². The second-order valence-corrected chi connectivity index (χ2v) is 4.78. The van der Waals surface area contributed by atoms with E-state index < -0.39 is 10.7 Å². The standard InChI is InChI=1S/C11H6BrClFN3O2/c12-8-3-6(14)1-2-9(8)15-11-5-7(17(18)19)4-10(13)16-11/h1-5H,(H,15,16). The van der Waals surface area contributed by atoms with Crippen molar-refractivity contribution in [2.75, 3.05) is 5.32 Å². The average Bonchev–Trinajstić information content (AvgIpc) is 2.32. The molecule has 8 heteroatoms. The molecule has 1 aromatic carbocycles. The molecule has 1 N–H and O–H groups in total. The third-order valence-corrected chi connectivity index (χ3v) is 3.03. The summed E-state index contributed by atoms with van der Waals surface area (Å²) in [7, 11) is 0. The number of nitrogens with zero attached hydrogens (tertiary/aromatic N) is 2. The number of anilines is 2. The number of nitrogens with one attached hydrogen (secondary N) is 1. The van der Waals surface area contributed by atoms with Gasteiger partial charge in [0, 0.05) is 4.47 Å². The first kappa shape index (κ1) is 13.7. The Morgan fingerprint density at radius 1 is 1.37 bits per heavy atom. The molecular weight excluding hydrogens is 340 g/mol. The number of nitro groups is 1. The summed E-state index contributed by atoms with van der Waals surface area (Å²) in [5.41, 5.74) is 0.339. The Bertz CT molecular complexity index is 654. The predicted molar refractivity (Wildman–Crippen MR) is 73.3 cm³/mol. The van der Waals surface area contributed by atoms with Gasteiger partial charge in [-0.25, -0.2) is 9.37 Å². The van der Waals surface area contributed by atoms with Crippen LogP contribution in [0.3, 0.4) is 0 Å². The van der Waals surface area contributed by atoms with E-state index >= 15 is 0 Å². The van der Waals surface area contributed by atoms with Crippen LogP contribution < -0.4 is 5.32 Å². The van der Waals surface area contributed by atoms with Gasteiger partial charge >= 0.3 is 0 Å². The molecule has 2 aromatic rings. The van der Waals surface area contributed by atoms with Crippen molar-refractivity contribution in [3.8, 4) is 0 Å². The maximum Gasteiger partial charge on any atom is 0.276 e. The molecule has 0 atom stereocenters. The largest absolute Gasteiger partial charge is 0.339 e. The van der Waals surface area contributed by atoms with Crippen molar-refractivity contribution in [1.82, 2.24) is 4.98 Å². The number of pyridine rings is 1. The second-order valence-electron chi connectivity index (χ2n) is 3.54. The third kappa shape index (κ3) is 3.39. The molecule has 0 amide bonds. The van der Waals surface area contributed by atoms with Crippen molar-refractivity contribution < 1.29 is 9.31 Å². The lowest BCUT2D eigenvalue weighted by Gasteiger charge is -2.08. The van der Waals surface area contributed by atoms with Gasteiger partial charge in [-0.1, -0.05) is 11.6 Å². The Kier molecular flexibility index (Phi) is 3.96. The van der Waals surface area contributed by atoms with Crippen LogP contribution in [0.4, 0.5) is 21.6 Å². The van der Waals surface area contributed by atoms with Crippen molar-refractivity contribution in [2.24, 2.45) is 0 Å². The zero-order chi connectivity index (χ0) is 14.0. The Balaban J connectivity index is 2.35. The molecule has 19 heavy (non-hydrogen) atoms. The molecule has 0 aliphatic rings. The van der Waals surface area contributed by atoms with E-state index in [-0.39, 0.29) is 16.7 Å². The van der Waals surface area contributed by atoms with Gasteiger partial charge in [0.15, 0.2) is 0 Å². The van der Waals surface area contributed by atoms with E-state index in [1.54, 1.807) is 0 Å². The summed E-state index contributed by atoms with van der Waals surface area (Å²) in [5, 5.41) is 13.5. The molecule has 0 radical (unpaired) electrons. The summed E-state index contributed by atoms with van der Waals surface area (Å²) in [5.74, 6) is -0.200. The smallest absolute Gasteiger partial charge is 0.276 e. The zero-order valence-electron chi connectivity index (χ0n) is 9.23. The van der Waals surface area contributed by atoms with Crippen LogP contribution >= 0.6 is 27.5 Å². The Morgan fingerprint density at radius 3 is 2.74 bits per heavy atom. The quantitative estimate of drug-likeness (QED) is 0.511. The number of hydrogen-bond acceptors (Lipinski definition) is 4. The van der Waals surface area contributed by atoms with Crippen molar-refractivity contribution in [3.05, 3.63) is 55.9 Å². The number of benzene rings is 1. The van der Waals surface area contributed by atoms with E-state index in [1.807, 2.05) is 0 Å². The van der Waals surface area contributed by atoms with E-state index in [0.29, 0.717) is 10.2 Å². The number of halogens is 3. The fourth-order valence-corrected chi connectivity index (χ4v) is 2.03. The Hall–Kier alpha value is -1.73. The summed E-state index contributed by atoms with van der Waals surface area (Å²) in [4.78, 5) is 14.0. The normalized spacial score (nSPS) is 10.3. The van der Waals surface area contributed by atoms with Gasteiger partial charge in [-0.15, -0.1) is 0 Å². The molecule has 1 aromatic heterocycles. The highest BCUT2D eigenvalue weighted by Crippen LogP contribution is 2.28. The molecule has 0 saturated heterocycles. The first-order chi connectivity index (χ1) is 8.95. The summed E-state index contributed by atoms with van der Waals surface area (Å²) in [6, 6.07) is 6.38. The first-order valence-corrected chi connectivity index (χ1v) is 6.17. The van der Waals surface area contributed by atoms with Crippen molar-refractivity contribution in [3.63, 3.8) is 0 Å². The van der Waals surface area contributed by atoms with Gasteiger partial charge < -0.3 is 5.32 Å². The van der Waals surface area contributed by atoms with Crippen LogP contribution in [0.1, 0.15) is 0 Å². The molecule has 1 heterocycles. The van der Waals surface area contributed by atoms with Crippen LogP contribution in [-0.2, 0) is 0 Å². The van der Waals surface area contributed by atoms with Crippen molar-refractivity contribution >= 4 is 44.7 Å². The van der Waals surface area contributed by atoms with Gasteiger partial charge in [-0.05, 0) is 34.1 Å². The minimum atomic E-state index is -0.571. The van der Waals surface area contributed by atoms with Gasteiger partial charge in [0.1, 0.15) is 16.8 Å². The first-order valence-electron chi connectivity index (χ1n) is 5.00. The maximum atomic E-state index is 12.9. The van der Waals surface area contributed by atoms with E-state index in [4.69, 9.17) is 11.6 Å². The molecule has 0 fully saturated rings. The molecule has 0 aliphatic heterocycles. The lowest BCUT2D eigenvalue weighted by Crippen LogP contribution is -1.97. The summed E-state index contributed by atoms with van der Waals surface area (Å²) < 4.78 is 13.4. The Labute approximate surface area is 120 Å². The van der Waals surface area contributed by atoms with Crippen LogP contribution in [-0.4, -0.2) is 9.91 Å². The molecule has 2 rings (SSSR count). The lowest BCUT2D eigenvalue weighted by molar-refractivity contribution is -0.384. The molecule has 0 bridgehead atoms. The van der Waals surface area contributed by atoms with Gasteiger partial charge in [0.05, 0.1) is 22.7 Å². The number of aromatic nitrogens is 1. The summed E-state index contributed by atoms with van der Waals surface area (Å²) in [6.07, 6.45) is 0. The fraction of sp³-hybridized carbons (Fsp3) is 0. The van der Waals surface area contributed by atoms with Gasteiger partial charge in [0.25, 0.3) is 5.69 Å². The summed E-state index contributed by atoms with van der Waals surface area (Å²) in [6.45, 7) is 0. The maximum absolute atomic E-state index is 12.9. The highest BCUT2D eigenvalue weighted by atomic mass is 79.9. The van der Waals surface area contributed by atoms with Crippen LogP contribution in [0.25, 0.3) is 0 Å².